The molecule has 0 radical (unpaired) electrons. The summed E-state index contributed by atoms with van der Waals surface area (Å²) < 4.78 is 6.51. The Morgan fingerprint density at radius 2 is 1.77 bits per heavy atom. The molecule has 0 aliphatic rings. The molecule has 0 fully saturated rings. The van der Waals surface area contributed by atoms with Crippen LogP contribution in [0, 0.1) is 13.8 Å². The number of thiophene rings is 1. The van der Waals surface area contributed by atoms with Gasteiger partial charge in [-0.05, 0) is 26.3 Å². The maximum absolute atomic E-state index is 13.5. The van der Waals surface area contributed by atoms with E-state index in [1.807, 2.05) is 55.5 Å². The van der Waals surface area contributed by atoms with Gasteiger partial charge in [0.1, 0.15) is 9.71 Å². The second-order valence-electron chi connectivity index (χ2n) is 7.37. The van der Waals surface area contributed by atoms with Crippen molar-refractivity contribution in [2.24, 2.45) is 0 Å². The lowest BCUT2D eigenvalue weighted by molar-refractivity contribution is 0.0531. The molecule has 6 nitrogen and oxygen atoms in total. The average Bonchev–Trinajstić information content (AvgIpc) is 3.11. The molecule has 0 spiro atoms. The number of benzene rings is 2. The smallest absolute Gasteiger partial charge is 0.348 e. The first-order valence-corrected chi connectivity index (χ1v) is 10.8. The number of carbonyl (C=O) groups excluding carboxylic acids is 1. The normalized spacial score (nSPS) is 11.5. The summed E-state index contributed by atoms with van der Waals surface area (Å²) in [5.74, 6) is -0.436. The SMILES string of the molecule is CCOC(=O)c1sc2nc3c4ccccc4c(-c4ccc(C)cc4)nn3c(=O)c2c1C. The van der Waals surface area contributed by atoms with Crippen molar-refractivity contribution in [3.05, 3.63) is 74.9 Å². The number of hydrogen-bond donors (Lipinski definition) is 0. The molecule has 3 heterocycles. The van der Waals surface area contributed by atoms with E-state index in [4.69, 9.17) is 14.8 Å². The largest absolute Gasteiger partial charge is 0.462 e. The molecular weight excluding hydrogens is 410 g/mol. The Kier molecular flexibility index (Phi) is 4.55. The van der Waals surface area contributed by atoms with Crippen molar-refractivity contribution in [3.8, 4) is 11.3 Å². The minimum Gasteiger partial charge on any atom is -0.462 e. The van der Waals surface area contributed by atoms with E-state index in [1.54, 1.807) is 13.8 Å². The van der Waals surface area contributed by atoms with Gasteiger partial charge in [-0.15, -0.1) is 11.3 Å². The highest BCUT2D eigenvalue weighted by atomic mass is 32.1. The van der Waals surface area contributed by atoms with E-state index in [2.05, 4.69) is 0 Å². The molecule has 0 aliphatic carbocycles. The van der Waals surface area contributed by atoms with Gasteiger partial charge in [-0.1, -0.05) is 54.1 Å². The predicted octanol–water partition coefficient (Wildman–Crippen LogP) is 4.92. The second-order valence-corrected chi connectivity index (χ2v) is 8.37. The quantitative estimate of drug-likeness (QED) is 0.301. The van der Waals surface area contributed by atoms with Gasteiger partial charge in [0.2, 0.25) is 0 Å². The fourth-order valence-corrected chi connectivity index (χ4v) is 4.86. The van der Waals surface area contributed by atoms with E-state index in [1.165, 1.54) is 15.9 Å². The van der Waals surface area contributed by atoms with E-state index >= 15 is 0 Å². The van der Waals surface area contributed by atoms with Crippen LogP contribution in [0.2, 0.25) is 0 Å². The summed E-state index contributed by atoms with van der Waals surface area (Å²) in [6.07, 6.45) is 0. The van der Waals surface area contributed by atoms with Crippen LogP contribution in [0.15, 0.2) is 53.3 Å². The molecule has 0 saturated heterocycles. The maximum Gasteiger partial charge on any atom is 0.348 e. The molecule has 5 rings (SSSR count). The molecule has 0 unspecified atom stereocenters. The lowest BCUT2D eigenvalue weighted by atomic mass is 10.0. The van der Waals surface area contributed by atoms with Crippen molar-refractivity contribution in [1.82, 2.24) is 14.6 Å². The van der Waals surface area contributed by atoms with Crippen LogP contribution in [-0.2, 0) is 4.74 Å². The highest BCUT2D eigenvalue weighted by Gasteiger charge is 2.22. The molecular formula is C24H19N3O3S. The number of hydrogen-bond acceptors (Lipinski definition) is 6. The van der Waals surface area contributed by atoms with Crippen molar-refractivity contribution in [2.75, 3.05) is 6.61 Å². The van der Waals surface area contributed by atoms with Gasteiger partial charge in [0, 0.05) is 16.3 Å². The van der Waals surface area contributed by atoms with Crippen LogP contribution in [-0.4, -0.2) is 27.2 Å². The van der Waals surface area contributed by atoms with Crippen molar-refractivity contribution in [1.29, 1.82) is 0 Å². The van der Waals surface area contributed by atoms with Crippen molar-refractivity contribution >= 4 is 43.9 Å². The minimum absolute atomic E-state index is 0.271. The van der Waals surface area contributed by atoms with Crippen LogP contribution in [0.4, 0.5) is 0 Å². The third kappa shape index (κ3) is 3.00. The summed E-state index contributed by atoms with van der Waals surface area (Å²) in [7, 11) is 0. The minimum atomic E-state index is -0.436. The van der Waals surface area contributed by atoms with Crippen LogP contribution in [0.25, 0.3) is 37.9 Å². The van der Waals surface area contributed by atoms with E-state index in [0.717, 1.165) is 21.9 Å². The van der Waals surface area contributed by atoms with Gasteiger partial charge in [0.15, 0.2) is 5.65 Å². The third-order valence-corrected chi connectivity index (χ3v) is 6.52. The first-order chi connectivity index (χ1) is 15.0. The molecule has 5 aromatic rings. The van der Waals surface area contributed by atoms with Crippen LogP contribution >= 0.6 is 11.3 Å². The zero-order valence-corrected chi connectivity index (χ0v) is 18.1. The summed E-state index contributed by atoms with van der Waals surface area (Å²) in [5.41, 5.74) is 3.55. The predicted molar refractivity (Wildman–Crippen MR) is 123 cm³/mol. The number of aryl methyl sites for hydroxylation is 2. The summed E-state index contributed by atoms with van der Waals surface area (Å²) in [4.78, 5) is 31.5. The second kappa shape index (κ2) is 7.28. The van der Waals surface area contributed by atoms with Gasteiger partial charge in [-0.25, -0.2) is 9.78 Å². The standard InChI is InChI=1S/C24H19N3O3S/c1-4-30-24(29)20-14(3)18-22(31-20)25-21-17-8-6-5-7-16(17)19(26-27(21)23(18)28)15-11-9-13(2)10-12-15/h5-12H,4H2,1-3H3. The number of carbonyl (C=O) groups is 1. The summed E-state index contributed by atoms with van der Waals surface area (Å²) in [6, 6.07) is 15.8. The van der Waals surface area contributed by atoms with Crippen LogP contribution in [0.3, 0.4) is 0 Å². The Morgan fingerprint density at radius 3 is 2.48 bits per heavy atom. The number of ether oxygens (including phenoxy) is 1. The number of esters is 1. The Bertz CT molecular complexity index is 1550. The Labute approximate surface area is 181 Å². The molecule has 0 N–H and O–H groups in total. The molecule has 0 saturated carbocycles. The fourth-order valence-electron chi connectivity index (χ4n) is 3.80. The number of fused-ring (bicyclic) bond motifs is 4. The van der Waals surface area contributed by atoms with Crippen LogP contribution in [0.1, 0.15) is 27.7 Å². The van der Waals surface area contributed by atoms with E-state index < -0.39 is 5.97 Å². The zero-order chi connectivity index (χ0) is 21.7. The monoisotopic (exact) mass is 429 g/mol. The van der Waals surface area contributed by atoms with Gasteiger partial charge >= 0.3 is 5.97 Å². The molecule has 0 aliphatic heterocycles. The van der Waals surface area contributed by atoms with Gasteiger partial charge in [0.25, 0.3) is 5.56 Å². The highest BCUT2D eigenvalue weighted by molar-refractivity contribution is 7.20. The Morgan fingerprint density at radius 1 is 1.06 bits per heavy atom. The molecule has 31 heavy (non-hydrogen) atoms. The number of rotatable bonds is 3. The summed E-state index contributed by atoms with van der Waals surface area (Å²) >= 11 is 1.18. The first-order valence-electron chi connectivity index (χ1n) is 9.98. The molecule has 0 bridgehead atoms. The zero-order valence-electron chi connectivity index (χ0n) is 17.3. The van der Waals surface area contributed by atoms with Crippen molar-refractivity contribution in [2.45, 2.75) is 20.8 Å². The summed E-state index contributed by atoms with van der Waals surface area (Å²) in [6.45, 7) is 5.81. The van der Waals surface area contributed by atoms with Gasteiger partial charge in [-0.2, -0.15) is 9.61 Å². The molecule has 2 aromatic carbocycles. The van der Waals surface area contributed by atoms with E-state index in [0.29, 0.717) is 32.0 Å². The average molecular weight is 430 g/mol. The first kappa shape index (κ1) is 19.4. The summed E-state index contributed by atoms with van der Waals surface area (Å²) in [5, 5.41) is 6.86. The van der Waals surface area contributed by atoms with E-state index in [-0.39, 0.29) is 12.2 Å². The lowest BCUT2D eigenvalue weighted by Gasteiger charge is -2.10. The molecule has 0 amide bonds. The van der Waals surface area contributed by atoms with Gasteiger partial charge in [-0.3, -0.25) is 4.79 Å². The van der Waals surface area contributed by atoms with Crippen molar-refractivity contribution in [3.63, 3.8) is 0 Å². The third-order valence-electron chi connectivity index (χ3n) is 5.35. The topological polar surface area (TPSA) is 73.6 Å². The molecule has 3 aromatic heterocycles. The lowest BCUT2D eigenvalue weighted by Crippen LogP contribution is -2.19. The van der Waals surface area contributed by atoms with Crippen LogP contribution in [0.5, 0.6) is 0 Å². The van der Waals surface area contributed by atoms with Gasteiger partial charge < -0.3 is 4.74 Å². The van der Waals surface area contributed by atoms with Crippen molar-refractivity contribution < 1.29 is 9.53 Å². The van der Waals surface area contributed by atoms with Gasteiger partial charge in [0.05, 0.1) is 17.7 Å². The maximum atomic E-state index is 13.5. The molecule has 7 heteroatoms. The molecule has 154 valence electrons. The fraction of sp³-hybridized carbons (Fsp3) is 0.167. The highest BCUT2D eigenvalue weighted by Crippen LogP contribution is 2.32. The Balaban J connectivity index is 1.89. The Hall–Kier alpha value is -3.58. The number of aromatic nitrogens is 3. The van der Waals surface area contributed by atoms with E-state index in [9.17, 15) is 9.59 Å². The van der Waals surface area contributed by atoms with Crippen LogP contribution < -0.4 is 5.56 Å². The molecule has 0 atom stereocenters. The number of nitrogens with zero attached hydrogens (tertiary/aromatic N) is 3.